The Balaban J connectivity index is 3.27. The van der Waals surface area contributed by atoms with Crippen molar-refractivity contribution in [3.8, 4) is 0 Å². The SMILES string of the molecule is CC(N)/C=C/c1cc([N+](=O)[O-])cc(C(F)(F)F)c1. The number of hydrogen-bond donors (Lipinski definition) is 1. The summed E-state index contributed by atoms with van der Waals surface area (Å²) in [6.07, 6.45) is -1.84. The van der Waals surface area contributed by atoms with Gasteiger partial charge in [0.05, 0.1) is 10.5 Å². The topological polar surface area (TPSA) is 69.2 Å². The van der Waals surface area contributed by atoms with Gasteiger partial charge in [-0.05, 0) is 18.6 Å². The van der Waals surface area contributed by atoms with Gasteiger partial charge in [-0.2, -0.15) is 13.2 Å². The first-order valence-corrected chi connectivity index (χ1v) is 5.00. The Labute approximate surface area is 101 Å². The predicted molar refractivity (Wildman–Crippen MR) is 60.8 cm³/mol. The molecule has 0 heterocycles. The summed E-state index contributed by atoms with van der Waals surface area (Å²) in [7, 11) is 0. The van der Waals surface area contributed by atoms with Gasteiger partial charge in [-0.3, -0.25) is 10.1 Å². The summed E-state index contributed by atoms with van der Waals surface area (Å²) in [6.45, 7) is 1.64. The third-order valence-electron chi connectivity index (χ3n) is 2.07. The molecular weight excluding hydrogens is 249 g/mol. The zero-order valence-electron chi connectivity index (χ0n) is 9.44. The Kier molecular flexibility index (Phi) is 4.07. The number of non-ortho nitro benzene ring substituents is 1. The van der Waals surface area contributed by atoms with Crippen molar-refractivity contribution < 1.29 is 18.1 Å². The lowest BCUT2D eigenvalue weighted by Gasteiger charge is -2.07. The van der Waals surface area contributed by atoms with Crippen molar-refractivity contribution in [2.45, 2.75) is 19.1 Å². The van der Waals surface area contributed by atoms with Gasteiger partial charge in [0.2, 0.25) is 0 Å². The van der Waals surface area contributed by atoms with Crippen LogP contribution in [0.3, 0.4) is 0 Å². The van der Waals surface area contributed by atoms with E-state index in [4.69, 9.17) is 5.73 Å². The number of hydrogen-bond acceptors (Lipinski definition) is 3. The maximum atomic E-state index is 12.5. The van der Waals surface area contributed by atoms with E-state index in [-0.39, 0.29) is 11.6 Å². The smallest absolute Gasteiger partial charge is 0.325 e. The van der Waals surface area contributed by atoms with Crippen LogP contribution in [-0.4, -0.2) is 11.0 Å². The first-order valence-electron chi connectivity index (χ1n) is 5.00. The Morgan fingerprint density at radius 3 is 2.44 bits per heavy atom. The molecule has 1 rings (SSSR count). The van der Waals surface area contributed by atoms with Crippen LogP contribution in [-0.2, 0) is 6.18 Å². The van der Waals surface area contributed by atoms with Gasteiger partial charge >= 0.3 is 6.18 Å². The minimum Gasteiger partial charge on any atom is -0.325 e. The molecule has 7 heteroatoms. The van der Waals surface area contributed by atoms with Gasteiger partial charge in [-0.15, -0.1) is 0 Å². The molecule has 0 radical (unpaired) electrons. The second-order valence-corrected chi connectivity index (χ2v) is 3.79. The fraction of sp³-hybridized carbons (Fsp3) is 0.273. The number of nitrogens with two attached hydrogens (primary N) is 1. The Morgan fingerprint density at radius 1 is 1.39 bits per heavy atom. The Morgan fingerprint density at radius 2 is 2.00 bits per heavy atom. The highest BCUT2D eigenvalue weighted by molar-refractivity contribution is 5.56. The van der Waals surface area contributed by atoms with E-state index in [1.807, 2.05) is 0 Å². The minimum atomic E-state index is -4.62. The molecule has 98 valence electrons. The van der Waals surface area contributed by atoms with Gasteiger partial charge in [-0.25, -0.2) is 0 Å². The molecule has 1 aromatic rings. The summed E-state index contributed by atoms with van der Waals surface area (Å²) in [6, 6.07) is 2.06. The number of rotatable bonds is 3. The number of benzene rings is 1. The van der Waals surface area contributed by atoms with Gasteiger partial charge < -0.3 is 5.73 Å². The van der Waals surface area contributed by atoms with Gasteiger partial charge in [0.1, 0.15) is 0 Å². The lowest BCUT2D eigenvalue weighted by molar-refractivity contribution is -0.385. The van der Waals surface area contributed by atoms with Crippen LogP contribution in [0.25, 0.3) is 6.08 Å². The van der Waals surface area contributed by atoms with E-state index in [1.165, 1.54) is 12.2 Å². The third-order valence-corrected chi connectivity index (χ3v) is 2.07. The van der Waals surface area contributed by atoms with E-state index in [9.17, 15) is 23.3 Å². The van der Waals surface area contributed by atoms with Gasteiger partial charge in [0.25, 0.3) is 5.69 Å². The molecule has 0 bridgehead atoms. The molecule has 0 fully saturated rings. The van der Waals surface area contributed by atoms with Crippen molar-refractivity contribution in [3.05, 3.63) is 45.5 Å². The lowest BCUT2D eigenvalue weighted by atomic mass is 10.1. The fourth-order valence-electron chi connectivity index (χ4n) is 1.26. The average Bonchev–Trinajstić information content (AvgIpc) is 2.24. The highest BCUT2D eigenvalue weighted by Gasteiger charge is 2.32. The van der Waals surface area contributed by atoms with Crippen LogP contribution in [0.2, 0.25) is 0 Å². The fourth-order valence-corrected chi connectivity index (χ4v) is 1.26. The van der Waals surface area contributed by atoms with Crippen LogP contribution in [0.5, 0.6) is 0 Å². The Bertz CT molecular complexity index is 482. The summed E-state index contributed by atoms with van der Waals surface area (Å²) in [5.41, 5.74) is 3.85. The summed E-state index contributed by atoms with van der Waals surface area (Å²) >= 11 is 0. The second-order valence-electron chi connectivity index (χ2n) is 3.79. The van der Waals surface area contributed by atoms with E-state index in [1.54, 1.807) is 6.92 Å². The minimum absolute atomic E-state index is 0.0915. The number of alkyl halides is 3. The van der Waals surface area contributed by atoms with Crippen LogP contribution in [0.15, 0.2) is 24.3 Å². The summed E-state index contributed by atoms with van der Waals surface area (Å²) in [4.78, 5) is 9.70. The van der Waals surface area contributed by atoms with E-state index in [0.717, 1.165) is 12.1 Å². The van der Waals surface area contributed by atoms with Crippen molar-refractivity contribution in [3.63, 3.8) is 0 Å². The lowest BCUT2D eigenvalue weighted by Crippen LogP contribution is -2.10. The highest BCUT2D eigenvalue weighted by Crippen LogP contribution is 2.32. The molecule has 0 spiro atoms. The Hall–Kier alpha value is -1.89. The maximum absolute atomic E-state index is 12.5. The molecule has 1 unspecified atom stereocenters. The molecule has 0 aliphatic rings. The zero-order valence-corrected chi connectivity index (χ0v) is 9.44. The number of nitrogens with zero attached hydrogens (tertiary/aromatic N) is 1. The van der Waals surface area contributed by atoms with Crippen molar-refractivity contribution >= 4 is 11.8 Å². The van der Waals surface area contributed by atoms with Crippen molar-refractivity contribution in [2.75, 3.05) is 0 Å². The molecule has 0 amide bonds. The number of nitro groups is 1. The van der Waals surface area contributed by atoms with Crippen molar-refractivity contribution in [1.82, 2.24) is 0 Å². The monoisotopic (exact) mass is 260 g/mol. The molecular formula is C11H11F3N2O2. The second kappa shape index (κ2) is 5.18. The molecule has 2 N–H and O–H groups in total. The third kappa shape index (κ3) is 3.85. The first-order chi connectivity index (χ1) is 8.20. The summed E-state index contributed by atoms with van der Waals surface area (Å²) < 4.78 is 37.6. The summed E-state index contributed by atoms with van der Waals surface area (Å²) in [5, 5.41) is 10.6. The van der Waals surface area contributed by atoms with Crippen LogP contribution in [0.1, 0.15) is 18.1 Å². The van der Waals surface area contributed by atoms with Gasteiger partial charge in [-0.1, -0.05) is 12.2 Å². The zero-order chi connectivity index (χ0) is 13.9. The molecule has 0 aliphatic heterocycles. The predicted octanol–water partition coefficient (Wildman–Crippen LogP) is 2.97. The van der Waals surface area contributed by atoms with Crippen LogP contribution in [0, 0.1) is 10.1 Å². The summed E-state index contributed by atoms with van der Waals surface area (Å²) in [5.74, 6) is 0. The molecule has 18 heavy (non-hydrogen) atoms. The number of halogens is 3. The first kappa shape index (κ1) is 14.2. The molecule has 0 aromatic heterocycles. The van der Waals surface area contributed by atoms with Crippen molar-refractivity contribution in [1.29, 1.82) is 0 Å². The quantitative estimate of drug-likeness (QED) is 0.671. The standard InChI is InChI=1S/C11H11F3N2O2/c1-7(15)2-3-8-4-9(11(12,13)14)6-10(5-8)16(17)18/h2-7H,15H2,1H3/b3-2+. The van der Waals surface area contributed by atoms with Crippen LogP contribution < -0.4 is 5.73 Å². The van der Waals surface area contributed by atoms with Crippen molar-refractivity contribution in [2.24, 2.45) is 5.73 Å². The molecule has 1 atom stereocenters. The average molecular weight is 260 g/mol. The van der Waals surface area contributed by atoms with E-state index < -0.39 is 22.4 Å². The molecule has 4 nitrogen and oxygen atoms in total. The van der Waals surface area contributed by atoms with E-state index in [0.29, 0.717) is 6.07 Å². The molecule has 0 saturated heterocycles. The van der Waals surface area contributed by atoms with E-state index >= 15 is 0 Å². The highest BCUT2D eigenvalue weighted by atomic mass is 19.4. The normalized spacial score (nSPS) is 13.8. The van der Waals surface area contributed by atoms with Crippen LogP contribution >= 0.6 is 0 Å². The molecule has 1 aromatic carbocycles. The van der Waals surface area contributed by atoms with Gasteiger partial charge in [0, 0.05) is 18.2 Å². The largest absolute Gasteiger partial charge is 0.416 e. The van der Waals surface area contributed by atoms with Crippen LogP contribution in [0.4, 0.5) is 18.9 Å². The van der Waals surface area contributed by atoms with E-state index in [2.05, 4.69) is 0 Å². The molecule has 0 aliphatic carbocycles. The maximum Gasteiger partial charge on any atom is 0.416 e. The van der Waals surface area contributed by atoms with Gasteiger partial charge in [0.15, 0.2) is 0 Å². The number of nitro benzene ring substituents is 1. The molecule has 0 saturated carbocycles.